The summed E-state index contributed by atoms with van der Waals surface area (Å²) >= 11 is 7.24. The zero-order valence-electron chi connectivity index (χ0n) is 10.9. The predicted molar refractivity (Wildman–Crippen MR) is 79.1 cm³/mol. The van der Waals surface area contributed by atoms with Gasteiger partial charge in [-0.15, -0.1) is 11.3 Å². The lowest BCUT2D eigenvalue weighted by Gasteiger charge is -2.08. The summed E-state index contributed by atoms with van der Waals surface area (Å²) in [5, 5.41) is 11.8. The molecule has 0 unspecified atom stereocenters. The molecule has 0 atom stereocenters. The lowest BCUT2D eigenvalue weighted by molar-refractivity contribution is 0.0691. The van der Waals surface area contributed by atoms with Crippen molar-refractivity contribution in [3.05, 3.63) is 44.9 Å². The number of halogens is 1. The maximum absolute atomic E-state index is 10.7. The van der Waals surface area contributed by atoms with Crippen molar-refractivity contribution < 1.29 is 14.6 Å². The average molecular weight is 312 g/mol. The van der Waals surface area contributed by atoms with Crippen LogP contribution in [0.15, 0.2) is 23.6 Å². The Bertz CT molecular complexity index is 612. The van der Waals surface area contributed by atoms with Crippen molar-refractivity contribution in [1.29, 1.82) is 0 Å². The van der Waals surface area contributed by atoms with E-state index in [1.54, 1.807) is 11.4 Å². The first-order chi connectivity index (χ1) is 9.56. The van der Waals surface area contributed by atoms with Gasteiger partial charge in [0.05, 0.1) is 11.6 Å². The number of benzene rings is 1. The van der Waals surface area contributed by atoms with E-state index >= 15 is 0 Å². The van der Waals surface area contributed by atoms with E-state index in [1.165, 1.54) is 11.3 Å². The van der Waals surface area contributed by atoms with Gasteiger partial charge in [0.1, 0.15) is 5.75 Å². The Hall–Kier alpha value is -1.59. The quantitative estimate of drug-likeness (QED) is 0.824. The van der Waals surface area contributed by atoms with Crippen LogP contribution >= 0.6 is 22.9 Å². The van der Waals surface area contributed by atoms with Crippen LogP contribution in [0.3, 0.4) is 0 Å². The Kier molecular flexibility index (Phi) is 4.98. The summed E-state index contributed by atoms with van der Waals surface area (Å²) in [6, 6.07) is 5.50. The number of carbonyl (C=O) groups is 1. The van der Waals surface area contributed by atoms with Crippen LogP contribution in [-0.2, 0) is 6.42 Å². The van der Waals surface area contributed by atoms with E-state index < -0.39 is 5.97 Å². The molecule has 0 spiro atoms. The number of aromatic carboxylic acids is 1. The zero-order chi connectivity index (χ0) is 14.5. The first kappa shape index (κ1) is 14.8. The second kappa shape index (κ2) is 6.72. The van der Waals surface area contributed by atoms with Crippen molar-refractivity contribution in [3.63, 3.8) is 0 Å². The van der Waals surface area contributed by atoms with Crippen LogP contribution in [-0.4, -0.2) is 22.7 Å². The van der Waals surface area contributed by atoms with Crippen molar-refractivity contribution >= 4 is 28.9 Å². The Labute approximate surface area is 126 Å². The third-order valence-corrected chi connectivity index (χ3v) is 3.84. The molecule has 1 heterocycles. The Balaban J connectivity index is 1.79. The highest BCUT2D eigenvalue weighted by molar-refractivity contribution is 7.09. The molecule has 0 bridgehead atoms. The molecule has 1 aromatic carbocycles. The molecular weight excluding hydrogens is 298 g/mol. The molecular formula is C14H14ClNO3S. The number of hydrogen-bond acceptors (Lipinski definition) is 4. The lowest BCUT2D eigenvalue weighted by Crippen LogP contribution is -2.01. The van der Waals surface area contributed by atoms with Crippen LogP contribution in [0.25, 0.3) is 0 Å². The van der Waals surface area contributed by atoms with Crippen LogP contribution < -0.4 is 4.74 Å². The van der Waals surface area contributed by atoms with Crippen LogP contribution in [0.4, 0.5) is 0 Å². The number of ether oxygens (including phenoxy) is 1. The summed E-state index contributed by atoms with van der Waals surface area (Å²) in [7, 11) is 0. The molecule has 0 saturated carbocycles. The van der Waals surface area contributed by atoms with Gasteiger partial charge < -0.3 is 9.84 Å². The fourth-order valence-electron chi connectivity index (χ4n) is 1.70. The van der Waals surface area contributed by atoms with Crippen LogP contribution in [0.2, 0.25) is 5.02 Å². The predicted octanol–water partition coefficient (Wildman–Crippen LogP) is 3.81. The highest BCUT2D eigenvalue weighted by Gasteiger charge is 2.08. The summed E-state index contributed by atoms with van der Waals surface area (Å²) in [5.74, 6) is -0.166. The number of carboxylic acid groups (broad SMARTS) is 1. The molecule has 0 aliphatic rings. The number of thiazole rings is 1. The van der Waals surface area contributed by atoms with Gasteiger partial charge in [-0.05, 0) is 37.1 Å². The second-order valence-corrected chi connectivity index (χ2v) is 5.67. The van der Waals surface area contributed by atoms with E-state index in [9.17, 15) is 4.79 Å². The van der Waals surface area contributed by atoms with Crippen molar-refractivity contribution in [2.45, 2.75) is 19.8 Å². The van der Waals surface area contributed by atoms with E-state index in [2.05, 4.69) is 4.98 Å². The summed E-state index contributed by atoms with van der Waals surface area (Å²) in [5.41, 5.74) is 1.11. The topological polar surface area (TPSA) is 59.4 Å². The number of carboxylic acids is 1. The minimum Gasteiger partial charge on any atom is -0.493 e. The first-order valence-electron chi connectivity index (χ1n) is 6.13. The third kappa shape index (κ3) is 3.95. The van der Waals surface area contributed by atoms with E-state index in [4.69, 9.17) is 21.4 Å². The fourth-order valence-corrected chi connectivity index (χ4v) is 2.75. The summed E-state index contributed by atoms with van der Waals surface area (Å²) in [6.07, 6.45) is 1.50. The van der Waals surface area contributed by atoms with Gasteiger partial charge in [0.25, 0.3) is 0 Å². The van der Waals surface area contributed by atoms with Crippen molar-refractivity contribution in [2.24, 2.45) is 0 Å². The molecule has 1 N–H and O–H groups in total. The fraction of sp³-hybridized carbons (Fsp3) is 0.286. The molecule has 0 saturated heterocycles. The Morgan fingerprint density at radius 3 is 2.95 bits per heavy atom. The van der Waals surface area contributed by atoms with Crippen LogP contribution in [0.5, 0.6) is 5.75 Å². The van der Waals surface area contributed by atoms with Gasteiger partial charge in [-0.1, -0.05) is 11.6 Å². The first-order valence-corrected chi connectivity index (χ1v) is 7.38. The Morgan fingerprint density at radius 2 is 2.30 bits per heavy atom. The summed E-state index contributed by atoms with van der Waals surface area (Å²) < 4.78 is 5.67. The van der Waals surface area contributed by atoms with Gasteiger partial charge in [-0.3, -0.25) is 0 Å². The SMILES string of the molecule is Cc1cc(Cl)ccc1OCCCc1nc(C(=O)O)cs1. The van der Waals surface area contributed by atoms with E-state index in [1.807, 2.05) is 19.1 Å². The monoisotopic (exact) mass is 311 g/mol. The smallest absolute Gasteiger partial charge is 0.355 e. The minimum atomic E-state index is -0.986. The normalized spacial score (nSPS) is 10.5. The van der Waals surface area contributed by atoms with Gasteiger partial charge in [0, 0.05) is 16.8 Å². The maximum Gasteiger partial charge on any atom is 0.355 e. The lowest BCUT2D eigenvalue weighted by atomic mass is 10.2. The molecule has 6 heteroatoms. The molecule has 0 aliphatic carbocycles. The third-order valence-electron chi connectivity index (χ3n) is 2.70. The highest BCUT2D eigenvalue weighted by Crippen LogP contribution is 2.22. The number of hydrogen-bond donors (Lipinski definition) is 1. The highest BCUT2D eigenvalue weighted by atomic mass is 35.5. The minimum absolute atomic E-state index is 0.111. The van der Waals surface area contributed by atoms with Gasteiger partial charge in [0.15, 0.2) is 5.69 Å². The molecule has 1 aromatic heterocycles. The molecule has 106 valence electrons. The molecule has 0 fully saturated rings. The molecule has 2 rings (SSSR count). The van der Waals surface area contributed by atoms with Crippen molar-refractivity contribution in [1.82, 2.24) is 4.98 Å². The zero-order valence-corrected chi connectivity index (χ0v) is 12.5. The van der Waals surface area contributed by atoms with Gasteiger partial charge in [-0.25, -0.2) is 9.78 Å². The molecule has 0 radical (unpaired) electrons. The second-order valence-electron chi connectivity index (χ2n) is 4.29. The van der Waals surface area contributed by atoms with Gasteiger partial charge in [-0.2, -0.15) is 0 Å². The Morgan fingerprint density at radius 1 is 1.50 bits per heavy atom. The maximum atomic E-state index is 10.7. The number of aromatic nitrogens is 1. The molecule has 4 nitrogen and oxygen atoms in total. The number of rotatable bonds is 6. The van der Waals surface area contributed by atoms with E-state index in [-0.39, 0.29) is 5.69 Å². The molecule has 20 heavy (non-hydrogen) atoms. The van der Waals surface area contributed by atoms with Gasteiger partial charge >= 0.3 is 5.97 Å². The number of aryl methyl sites for hydroxylation is 2. The number of nitrogens with zero attached hydrogens (tertiary/aromatic N) is 1. The molecule has 0 amide bonds. The van der Waals surface area contributed by atoms with Crippen LogP contribution in [0.1, 0.15) is 27.5 Å². The van der Waals surface area contributed by atoms with Gasteiger partial charge in [0.2, 0.25) is 0 Å². The summed E-state index contributed by atoms with van der Waals surface area (Å²) in [4.78, 5) is 14.7. The molecule has 2 aromatic rings. The standard InChI is InChI=1S/C14H14ClNO3S/c1-9-7-10(15)4-5-12(9)19-6-2-3-13-16-11(8-20-13)14(17)18/h4-5,7-8H,2-3,6H2,1H3,(H,17,18). The average Bonchev–Trinajstić information content (AvgIpc) is 2.85. The van der Waals surface area contributed by atoms with Crippen LogP contribution in [0, 0.1) is 6.92 Å². The molecule has 0 aliphatic heterocycles. The van der Waals surface area contributed by atoms with E-state index in [0.717, 1.165) is 22.7 Å². The van der Waals surface area contributed by atoms with Crippen molar-refractivity contribution in [2.75, 3.05) is 6.61 Å². The largest absolute Gasteiger partial charge is 0.493 e. The van der Waals surface area contributed by atoms with E-state index in [0.29, 0.717) is 18.1 Å². The van der Waals surface area contributed by atoms with Crippen molar-refractivity contribution in [3.8, 4) is 5.75 Å². The summed E-state index contributed by atoms with van der Waals surface area (Å²) in [6.45, 7) is 2.51.